The summed E-state index contributed by atoms with van der Waals surface area (Å²) in [6, 6.07) is 2.91. The molecule has 1 aliphatic rings. The third-order valence-corrected chi connectivity index (χ3v) is 4.27. The van der Waals surface area contributed by atoms with Crippen LogP contribution in [0, 0.1) is 35.8 Å². The predicted octanol–water partition coefficient (Wildman–Crippen LogP) is 2.39. The summed E-state index contributed by atoms with van der Waals surface area (Å²) in [4.78, 5) is 36.0. The molecule has 1 N–H and O–H groups in total. The molecule has 1 aromatic carbocycles. The lowest BCUT2D eigenvalue weighted by Crippen LogP contribution is -2.45. The van der Waals surface area contributed by atoms with Crippen LogP contribution in [0.1, 0.15) is 34.8 Å². The number of aliphatic carboxylic acids is 1. The first-order valence-corrected chi connectivity index (χ1v) is 7.48. The molecule has 0 aromatic heterocycles. The van der Waals surface area contributed by atoms with Crippen LogP contribution in [0.2, 0.25) is 0 Å². The molecule has 7 heteroatoms. The Bertz CT molecular complexity index is 671. The van der Waals surface area contributed by atoms with Crippen LogP contribution in [-0.4, -0.2) is 39.9 Å². The van der Waals surface area contributed by atoms with Crippen molar-refractivity contribution >= 4 is 17.6 Å². The van der Waals surface area contributed by atoms with E-state index >= 15 is 0 Å². The third kappa shape index (κ3) is 3.49. The van der Waals surface area contributed by atoms with Gasteiger partial charge in [-0.25, -0.2) is 0 Å². The van der Waals surface area contributed by atoms with Gasteiger partial charge in [0.25, 0.3) is 11.6 Å². The zero-order chi connectivity index (χ0) is 17.3. The average molecular weight is 320 g/mol. The van der Waals surface area contributed by atoms with Crippen molar-refractivity contribution in [2.24, 2.45) is 11.8 Å². The summed E-state index contributed by atoms with van der Waals surface area (Å²) < 4.78 is 0. The van der Waals surface area contributed by atoms with Gasteiger partial charge in [-0.15, -0.1) is 0 Å². The van der Waals surface area contributed by atoms with Crippen molar-refractivity contribution in [2.75, 3.05) is 13.1 Å². The Morgan fingerprint density at radius 3 is 2.48 bits per heavy atom. The van der Waals surface area contributed by atoms with E-state index in [0.717, 1.165) is 0 Å². The molecule has 7 nitrogen and oxygen atoms in total. The summed E-state index contributed by atoms with van der Waals surface area (Å²) in [5.74, 6) is -1.78. The fourth-order valence-electron chi connectivity index (χ4n) is 3.13. The maximum absolute atomic E-state index is 12.7. The first kappa shape index (κ1) is 16.9. The van der Waals surface area contributed by atoms with Crippen LogP contribution in [0.5, 0.6) is 0 Å². The SMILES string of the molecule is Cc1cc(C)c([N+](=O)[O-])cc1C(=O)N1CC(C)CC(C(=O)O)C1. The Kier molecular flexibility index (Phi) is 4.68. The molecule has 1 aromatic rings. The molecular weight excluding hydrogens is 300 g/mol. The van der Waals surface area contributed by atoms with Gasteiger partial charge >= 0.3 is 5.97 Å². The van der Waals surface area contributed by atoms with Crippen molar-refractivity contribution in [1.29, 1.82) is 0 Å². The van der Waals surface area contributed by atoms with Gasteiger partial charge in [-0.1, -0.05) is 6.92 Å². The Morgan fingerprint density at radius 1 is 1.26 bits per heavy atom. The van der Waals surface area contributed by atoms with Crippen LogP contribution < -0.4 is 0 Å². The molecule has 0 spiro atoms. The average Bonchev–Trinajstić information content (AvgIpc) is 2.45. The molecule has 1 aliphatic heterocycles. The number of carbonyl (C=O) groups is 2. The van der Waals surface area contributed by atoms with Crippen molar-refractivity contribution in [1.82, 2.24) is 4.90 Å². The Morgan fingerprint density at radius 2 is 1.91 bits per heavy atom. The topological polar surface area (TPSA) is 101 Å². The maximum Gasteiger partial charge on any atom is 0.308 e. The van der Waals surface area contributed by atoms with Crippen LogP contribution >= 0.6 is 0 Å². The quantitative estimate of drug-likeness (QED) is 0.680. The summed E-state index contributed by atoms with van der Waals surface area (Å²) >= 11 is 0. The van der Waals surface area contributed by atoms with Gasteiger partial charge < -0.3 is 10.0 Å². The highest BCUT2D eigenvalue weighted by molar-refractivity contribution is 5.96. The van der Waals surface area contributed by atoms with E-state index in [1.807, 2.05) is 6.92 Å². The fraction of sp³-hybridized carbons (Fsp3) is 0.500. The van der Waals surface area contributed by atoms with Gasteiger partial charge in [0, 0.05) is 30.3 Å². The number of carbonyl (C=O) groups excluding carboxylic acids is 1. The second-order valence-corrected chi connectivity index (χ2v) is 6.30. The number of nitrogens with zero attached hydrogens (tertiary/aromatic N) is 2. The van der Waals surface area contributed by atoms with E-state index < -0.39 is 16.8 Å². The van der Waals surface area contributed by atoms with Gasteiger partial charge in [-0.05, 0) is 37.8 Å². The first-order chi connectivity index (χ1) is 10.7. The summed E-state index contributed by atoms with van der Waals surface area (Å²) in [5, 5.41) is 20.3. The minimum atomic E-state index is -0.916. The molecule has 0 saturated carbocycles. The third-order valence-electron chi connectivity index (χ3n) is 4.27. The fourth-order valence-corrected chi connectivity index (χ4v) is 3.13. The predicted molar refractivity (Wildman–Crippen MR) is 83.4 cm³/mol. The van der Waals surface area contributed by atoms with Crippen molar-refractivity contribution in [3.8, 4) is 0 Å². The number of nitro groups is 1. The van der Waals surface area contributed by atoms with Gasteiger partial charge in [-0.3, -0.25) is 19.7 Å². The lowest BCUT2D eigenvalue weighted by molar-refractivity contribution is -0.385. The van der Waals surface area contributed by atoms with E-state index in [4.69, 9.17) is 0 Å². The van der Waals surface area contributed by atoms with E-state index in [-0.39, 0.29) is 29.6 Å². The lowest BCUT2D eigenvalue weighted by Gasteiger charge is -2.35. The minimum absolute atomic E-state index is 0.0783. The molecule has 2 unspecified atom stereocenters. The number of piperidine rings is 1. The van der Waals surface area contributed by atoms with E-state index in [2.05, 4.69) is 0 Å². The molecule has 2 rings (SSSR count). The Balaban J connectivity index is 2.34. The molecule has 1 saturated heterocycles. The van der Waals surface area contributed by atoms with Crippen LogP contribution in [0.15, 0.2) is 12.1 Å². The monoisotopic (exact) mass is 320 g/mol. The highest BCUT2D eigenvalue weighted by Crippen LogP contribution is 2.27. The normalized spacial score (nSPS) is 21.1. The van der Waals surface area contributed by atoms with Crippen molar-refractivity contribution < 1.29 is 19.6 Å². The first-order valence-electron chi connectivity index (χ1n) is 7.48. The van der Waals surface area contributed by atoms with Crippen LogP contribution in [0.3, 0.4) is 0 Å². The van der Waals surface area contributed by atoms with E-state index in [1.165, 1.54) is 11.0 Å². The Hall–Kier alpha value is -2.44. The molecule has 1 fully saturated rings. The van der Waals surface area contributed by atoms with Gasteiger partial charge in [-0.2, -0.15) is 0 Å². The summed E-state index contributed by atoms with van der Waals surface area (Å²) in [6.07, 6.45) is 0.534. The number of carboxylic acid groups (broad SMARTS) is 1. The second-order valence-electron chi connectivity index (χ2n) is 6.30. The summed E-state index contributed by atoms with van der Waals surface area (Å²) in [7, 11) is 0. The summed E-state index contributed by atoms with van der Waals surface area (Å²) in [5.41, 5.74) is 1.32. The van der Waals surface area contributed by atoms with E-state index in [9.17, 15) is 24.8 Å². The van der Waals surface area contributed by atoms with Gasteiger partial charge in [0.05, 0.1) is 10.8 Å². The molecule has 0 radical (unpaired) electrons. The molecule has 0 bridgehead atoms. The molecule has 0 aliphatic carbocycles. The van der Waals surface area contributed by atoms with E-state index in [0.29, 0.717) is 24.1 Å². The van der Waals surface area contributed by atoms with Gasteiger partial charge in [0.1, 0.15) is 0 Å². The summed E-state index contributed by atoms with van der Waals surface area (Å²) in [6.45, 7) is 5.86. The van der Waals surface area contributed by atoms with E-state index in [1.54, 1.807) is 19.9 Å². The van der Waals surface area contributed by atoms with Crippen molar-refractivity contribution in [2.45, 2.75) is 27.2 Å². The molecule has 23 heavy (non-hydrogen) atoms. The molecule has 1 amide bonds. The second kappa shape index (κ2) is 6.36. The molecule has 124 valence electrons. The number of aryl methyl sites for hydroxylation is 2. The largest absolute Gasteiger partial charge is 0.481 e. The van der Waals surface area contributed by atoms with Gasteiger partial charge in [0.2, 0.25) is 0 Å². The number of nitro benzene ring substituents is 1. The maximum atomic E-state index is 12.7. The number of rotatable bonds is 3. The molecule has 1 heterocycles. The number of likely N-dealkylation sites (tertiary alicyclic amines) is 1. The van der Waals surface area contributed by atoms with Crippen molar-refractivity contribution in [3.63, 3.8) is 0 Å². The number of hydrogen-bond donors (Lipinski definition) is 1. The van der Waals surface area contributed by atoms with Crippen LogP contribution in [0.4, 0.5) is 5.69 Å². The number of amides is 1. The smallest absolute Gasteiger partial charge is 0.308 e. The minimum Gasteiger partial charge on any atom is -0.481 e. The highest BCUT2D eigenvalue weighted by Gasteiger charge is 2.33. The Labute approximate surface area is 134 Å². The van der Waals surface area contributed by atoms with Gasteiger partial charge in [0.15, 0.2) is 0 Å². The molecular formula is C16H20N2O5. The standard InChI is InChI=1S/C16H20N2O5/c1-9-4-12(16(20)21)8-17(7-9)15(19)13-6-14(18(22)23)11(3)5-10(13)2/h5-6,9,12H,4,7-8H2,1-3H3,(H,20,21). The zero-order valence-corrected chi connectivity index (χ0v) is 13.4. The van der Waals surface area contributed by atoms with Crippen molar-refractivity contribution in [3.05, 3.63) is 38.9 Å². The number of benzene rings is 1. The van der Waals surface area contributed by atoms with Crippen LogP contribution in [0.25, 0.3) is 0 Å². The number of carboxylic acids is 1. The highest BCUT2D eigenvalue weighted by atomic mass is 16.6. The molecule has 2 atom stereocenters. The van der Waals surface area contributed by atoms with Crippen LogP contribution in [-0.2, 0) is 4.79 Å². The lowest BCUT2D eigenvalue weighted by atomic mass is 9.89. The zero-order valence-electron chi connectivity index (χ0n) is 13.4. The number of hydrogen-bond acceptors (Lipinski definition) is 4.